The summed E-state index contributed by atoms with van der Waals surface area (Å²) in [6.45, 7) is 19.1. The third-order valence-corrected chi connectivity index (χ3v) is 8.61. The van der Waals surface area contributed by atoms with Gasteiger partial charge in [-0.2, -0.15) is 22.0 Å². The van der Waals surface area contributed by atoms with Gasteiger partial charge in [0.2, 0.25) is 5.78 Å². The molecule has 3 unspecified atom stereocenters. The van der Waals surface area contributed by atoms with Crippen LogP contribution in [0.4, 0.5) is 30.7 Å². The van der Waals surface area contributed by atoms with Crippen LogP contribution in [0.1, 0.15) is 80.6 Å². The quantitative estimate of drug-likeness (QED) is 0.180. The molecule has 2 rings (SSSR count). The van der Waals surface area contributed by atoms with Crippen molar-refractivity contribution in [2.75, 3.05) is 13.1 Å². The van der Waals surface area contributed by atoms with Gasteiger partial charge in [-0.15, -0.1) is 0 Å². The minimum atomic E-state index is -5.96. The van der Waals surface area contributed by atoms with E-state index in [4.69, 9.17) is 0 Å². The van der Waals surface area contributed by atoms with Crippen LogP contribution in [0.15, 0.2) is 71.9 Å². The Labute approximate surface area is 251 Å². The summed E-state index contributed by atoms with van der Waals surface area (Å²) in [5.41, 5.74) is -5.40. The molecule has 242 valence electrons. The molecule has 2 heterocycles. The molecule has 0 aliphatic carbocycles. The highest BCUT2D eigenvalue weighted by atomic mass is 19.4. The number of Topliss-reactive ketones (excluding diaryl/α,β-unsaturated/α-hetero) is 1. The molecule has 0 saturated carbocycles. The standard InChI is InChI=1S/C33H45F7N2O/c1-10-14-27(42-18-15-22(4)25(21-42)28(43)32(36,37)31(9,35)33(38,39)40)26(11-2)41-17-13-16-29(6,7)19-24(20-41)23(5)30(8,34)12-3/h10-11,14,20-22H,2,5,12-13,15-19H2,1,3-4,6-9H3/b14-10-,24-20+,27-26-. The Balaban J connectivity index is 2.73. The predicted octanol–water partition coefficient (Wildman–Crippen LogP) is 9.77. The molecule has 0 fully saturated rings. The van der Waals surface area contributed by atoms with Crippen molar-refractivity contribution >= 4 is 5.78 Å². The Hall–Kier alpha value is -2.78. The number of rotatable bonds is 10. The van der Waals surface area contributed by atoms with E-state index in [1.165, 1.54) is 18.7 Å². The van der Waals surface area contributed by atoms with Gasteiger partial charge in [-0.25, -0.2) is 8.78 Å². The van der Waals surface area contributed by atoms with E-state index < -0.39 is 40.7 Å². The molecule has 0 N–H and O–H groups in total. The molecule has 0 saturated heterocycles. The third kappa shape index (κ3) is 7.66. The van der Waals surface area contributed by atoms with Crippen LogP contribution < -0.4 is 0 Å². The molecule has 0 aromatic heterocycles. The zero-order valence-corrected chi connectivity index (χ0v) is 26.3. The fourth-order valence-corrected chi connectivity index (χ4v) is 5.30. The van der Waals surface area contributed by atoms with Crippen LogP contribution in [0.25, 0.3) is 0 Å². The summed E-state index contributed by atoms with van der Waals surface area (Å²) < 4.78 is 99.2. The number of carbonyl (C=O) groups is 1. The molecule has 43 heavy (non-hydrogen) atoms. The number of carbonyl (C=O) groups excluding carboxylic acids is 1. The molecule has 0 amide bonds. The minimum absolute atomic E-state index is 0.123. The van der Waals surface area contributed by atoms with Gasteiger partial charge in [0.1, 0.15) is 5.67 Å². The van der Waals surface area contributed by atoms with Crippen LogP contribution >= 0.6 is 0 Å². The highest BCUT2D eigenvalue weighted by molar-refractivity contribution is 6.02. The topological polar surface area (TPSA) is 23.6 Å². The lowest BCUT2D eigenvalue weighted by Crippen LogP contribution is -2.58. The smallest absolute Gasteiger partial charge is 0.346 e. The van der Waals surface area contributed by atoms with Crippen molar-refractivity contribution in [3.8, 4) is 0 Å². The zero-order valence-electron chi connectivity index (χ0n) is 26.3. The van der Waals surface area contributed by atoms with Gasteiger partial charge in [0, 0.05) is 31.1 Å². The minimum Gasteiger partial charge on any atom is -0.346 e. The fraction of sp³-hybridized carbons (Fsp3) is 0.606. The number of allylic oxidation sites excluding steroid dienone is 6. The molecular formula is C33H45F7N2O. The van der Waals surface area contributed by atoms with Crippen LogP contribution in [0.3, 0.4) is 0 Å². The average Bonchev–Trinajstić information content (AvgIpc) is 2.89. The van der Waals surface area contributed by atoms with Crippen LogP contribution in [-0.2, 0) is 4.79 Å². The van der Waals surface area contributed by atoms with Crippen LogP contribution in [0.5, 0.6) is 0 Å². The van der Waals surface area contributed by atoms with E-state index in [1.807, 2.05) is 11.1 Å². The lowest BCUT2D eigenvalue weighted by atomic mass is 9.76. The molecule has 0 bridgehead atoms. The zero-order chi connectivity index (χ0) is 33.2. The number of alkyl halides is 7. The summed E-state index contributed by atoms with van der Waals surface area (Å²) in [5, 5.41) is 0. The van der Waals surface area contributed by atoms with E-state index >= 15 is 4.39 Å². The van der Waals surface area contributed by atoms with Gasteiger partial charge < -0.3 is 9.80 Å². The Kier molecular flexibility index (Phi) is 11.1. The van der Waals surface area contributed by atoms with E-state index in [1.54, 1.807) is 32.1 Å². The average molecular weight is 619 g/mol. The van der Waals surface area contributed by atoms with Crippen molar-refractivity contribution < 1.29 is 35.5 Å². The Morgan fingerprint density at radius 2 is 1.63 bits per heavy atom. The monoisotopic (exact) mass is 618 g/mol. The molecule has 0 radical (unpaired) electrons. The third-order valence-electron chi connectivity index (χ3n) is 8.61. The summed E-state index contributed by atoms with van der Waals surface area (Å²) >= 11 is 0. The summed E-state index contributed by atoms with van der Waals surface area (Å²) in [4.78, 5) is 16.3. The van der Waals surface area contributed by atoms with Crippen molar-refractivity contribution in [3.63, 3.8) is 0 Å². The number of hydrogen-bond acceptors (Lipinski definition) is 3. The van der Waals surface area contributed by atoms with E-state index in [9.17, 15) is 31.1 Å². The van der Waals surface area contributed by atoms with E-state index in [-0.39, 0.29) is 31.7 Å². The second kappa shape index (κ2) is 13.1. The lowest BCUT2D eigenvalue weighted by Gasteiger charge is -2.38. The van der Waals surface area contributed by atoms with E-state index in [2.05, 4.69) is 27.0 Å². The molecule has 2 aliphatic rings. The maximum atomic E-state index is 15.5. The Morgan fingerprint density at radius 3 is 2.14 bits per heavy atom. The normalized spacial score (nSPS) is 24.9. The lowest BCUT2D eigenvalue weighted by molar-refractivity contribution is -0.285. The van der Waals surface area contributed by atoms with Crippen molar-refractivity contribution in [3.05, 3.63) is 71.9 Å². The number of hydrogen-bond donors (Lipinski definition) is 0. The first-order valence-electron chi connectivity index (χ1n) is 14.6. The van der Waals surface area contributed by atoms with E-state index in [0.29, 0.717) is 35.5 Å². The number of halogens is 7. The van der Waals surface area contributed by atoms with Crippen molar-refractivity contribution in [1.29, 1.82) is 0 Å². The first kappa shape index (κ1) is 36.4. The Morgan fingerprint density at radius 1 is 1.05 bits per heavy atom. The maximum absolute atomic E-state index is 15.5. The summed E-state index contributed by atoms with van der Waals surface area (Å²) in [5.74, 6) is -8.39. The van der Waals surface area contributed by atoms with Gasteiger partial charge in [-0.3, -0.25) is 4.79 Å². The van der Waals surface area contributed by atoms with Gasteiger partial charge in [-0.1, -0.05) is 46.9 Å². The molecule has 10 heteroatoms. The van der Waals surface area contributed by atoms with Crippen LogP contribution in [0, 0.1) is 11.3 Å². The summed E-state index contributed by atoms with van der Waals surface area (Å²) in [6.07, 6.45) is 4.39. The molecular weight excluding hydrogens is 573 g/mol. The molecule has 2 aliphatic heterocycles. The van der Waals surface area contributed by atoms with E-state index in [0.717, 1.165) is 19.0 Å². The molecule has 3 nitrogen and oxygen atoms in total. The van der Waals surface area contributed by atoms with Crippen LogP contribution in [0.2, 0.25) is 0 Å². The highest BCUT2D eigenvalue weighted by Crippen LogP contribution is 2.47. The maximum Gasteiger partial charge on any atom is 0.428 e. The van der Waals surface area contributed by atoms with Gasteiger partial charge in [0.05, 0.1) is 11.4 Å². The van der Waals surface area contributed by atoms with Crippen molar-refractivity contribution in [2.45, 2.75) is 104 Å². The SMILES string of the molecule is C=C/C(=C(\C=C/C)N1C=C(C(=O)C(F)(F)C(C)(F)C(F)(F)F)C(C)CC1)N1/C=C(/C(=C)C(C)(F)CC)CC(C)(C)CCC1. The highest BCUT2D eigenvalue weighted by Gasteiger charge is 2.71. The molecule has 0 aromatic rings. The molecule has 0 aromatic carbocycles. The van der Waals surface area contributed by atoms with Crippen molar-refractivity contribution in [2.24, 2.45) is 11.3 Å². The van der Waals surface area contributed by atoms with Gasteiger partial charge in [0.15, 0.2) is 0 Å². The number of ketones is 1. The largest absolute Gasteiger partial charge is 0.428 e. The molecule has 3 atom stereocenters. The predicted molar refractivity (Wildman–Crippen MR) is 157 cm³/mol. The second-order valence-corrected chi connectivity index (χ2v) is 12.7. The first-order valence-corrected chi connectivity index (χ1v) is 14.6. The van der Waals surface area contributed by atoms with Crippen molar-refractivity contribution in [1.82, 2.24) is 9.80 Å². The summed E-state index contributed by atoms with van der Waals surface area (Å²) in [7, 11) is 0. The number of nitrogens with zero attached hydrogens (tertiary/aromatic N) is 2. The second-order valence-electron chi connectivity index (χ2n) is 12.7. The van der Waals surface area contributed by atoms with Gasteiger partial charge in [-0.05, 0) is 87.5 Å². The first-order chi connectivity index (χ1) is 19.6. The summed E-state index contributed by atoms with van der Waals surface area (Å²) in [6, 6.07) is 0. The Bertz CT molecular complexity index is 1200. The molecule has 0 spiro atoms. The van der Waals surface area contributed by atoms with Gasteiger partial charge >= 0.3 is 12.1 Å². The van der Waals surface area contributed by atoms with Gasteiger partial charge in [0.25, 0.3) is 5.67 Å². The fourth-order valence-electron chi connectivity index (χ4n) is 5.30. The van der Waals surface area contributed by atoms with Crippen LogP contribution in [-0.4, -0.2) is 52.1 Å².